The normalized spacial score (nSPS) is 18.0. The van der Waals surface area contributed by atoms with Crippen LogP contribution in [0.1, 0.15) is 60.3 Å². The van der Waals surface area contributed by atoms with Gasteiger partial charge in [-0.15, -0.1) is 11.3 Å². The van der Waals surface area contributed by atoms with Crippen LogP contribution in [-0.4, -0.2) is 16.8 Å². The van der Waals surface area contributed by atoms with E-state index in [1.165, 1.54) is 48.2 Å². The standard InChI is InChI=1S/C17H25N3S/c1-13-9-11-21-17(13)16(18-2)12-14-8-10-20(19-14)15-6-4-3-5-7-15/h8-11,15-16,18H,3-7,12H2,1-2H3. The molecule has 2 heterocycles. The highest BCUT2D eigenvalue weighted by atomic mass is 32.1. The first-order valence-electron chi connectivity index (χ1n) is 8.03. The molecule has 4 heteroatoms. The van der Waals surface area contributed by atoms with Gasteiger partial charge in [0.25, 0.3) is 0 Å². The number of rotatable bonds is 5. The Labute approximate surface area is 131 Å². The zero-order valence-corrected chi connectivity index (χ0v) is 13.8. The molecule has 0 radical (unpaired) electrons. The van der Waals surface area contributed by atoms with E-state index >= 15 is 0 Å². The van der Waals surface area contributed by atoms with Crippen LogP contribution in [-0.2, 0) is 6.42 Å². The topological polar surface area (TPSA) is 29.9 Å². The SMILES string of the molecule is CNC(Cc1ccn(C2CCCCC2)n1)c1sccc1C. The Morgan fingerprint density at radius 3 is 2.81 bits per heavy atom. The van der Waals surface area contributed by atoms with Crippen LogP contribution in [0.5, 0.6) is 0 Å². The molecule has 0 bridgehead atoms. The summed E-state index contributed by atoms with van der Waals surface area (Å²) >= 11 is 1.84. The molecule has 3 rings (SSSR count). The van der Waals surface area contributed by atoms with Gasteiger partial charge in [-0.3, -0.25) is 4.68 Å². The minimum absolute atomic E-state index is 0.375. The molecule has 0 spiro atoms. The van der Waals surface area contributed by atoms with Gasteiger partial charge >= 0.3 is 0 Å². The van der Waals surface area contributed by atoms with Crippen molar-refractivity contribution in [2.24, 2.45) is 0 Å². The van der Waals surface area contributed by atoms with Gasteiger partial charge in [-0.25, -0.2) is 0 Å². The first-order chi connectivity index (χ1) is 10.3. The van der Waals surface area contributed by atoms with E-state index in [0.29, 0.717) is 12.1 Å². The molecule has 2 aromatic rings. The van der Waals surface area contributed by atoms with E-state index < -0.39 is 0 Å². The molecular formula is C17H25N3S. The number of thiophene rings is 1. The highest BCUT2D eigenvalue weighted by Gasteiger charge is 2.18. The fourth-order valence-electron chi connectivity index (χ4n) is 3.31. The van der Waals surface area contributed by atoms with Crippen molar-refractivity contribution in [3.05, 3.63) is 39.8 Å². The lowest BCUT2D eigenvalue weighted by Gasteiger charge is -2.22. The monoisotopic (exact) mass is 303 g/mol. The van der Waals surface area contributed by atoms with Gasteiger partial charge in [0.05, 0.1) is 11.7 Å². The summed E-state index contributed by atoms with van der Waals surface area (Å²) in [4.78, 5) is 1.43. The second-order valence-corrected chi connectivity index (χ2v) is 7.04. The zero-order valence-electron chi connectivity index (χ0n) is 13.0. The number of likely N-dealkylation sites (N-methyl/N-ethyl adjacent to an activating group) is 1. The molecule has 0 saturated heterocycles. The summed E-state index contributed by atoms with van der Waals surface area (Å²) in [5.41, 5.74) is 2.58. The van der Waals surface area contributed by atoms with Crippen molar-refractivity contribution in [1.82, 2.24) is 15.1 Å². The summed E-state index contributed by atoms with van der Waals surface area (Å²) in [6.07, 6.45) is 9.84. The molecule has 0 amide bonds. The minimum atomic E-state index is 0.375. The maximum Gasteiger partial charge on any atom is 0.0644 e. The average molecular weight is 303 g/mol. The number of nitrogens with one attached hydrogen (secondary N) is 1. The van der Waals surface area contributed by atoms with E-state index in [9.17, 15) is 0 Å². The predicted octanol–water partition coefficient (Wildman–Crippen LogP) is 4.26. The summed E-state index contributed by atoms with van der Waals surface area (Å²) in [6.45, 7) is 2.19. The Kier molecular flexibility index (Phi) is 4.76. The Balaban J connectivity index is 1.69. The van der Waals surface area contributed by atoms with Crippen LogP contribution in [0.25, 0.3) is 0 Å². The molecule has 0 aliphatic heterocycles. The third-order valence-electron chi connectivity index (χ3n) is 4.59. The van der Waals surface area contributed by atoms with Crippen LogP contribution in [0.4, 0.5) is 0 Å². The molecule has 1 saturated carbocycles. The van der Waals surface area contributed by atoms with E-state index in [2.05, 4.69) is 40.6 Å². The van der Waals surface area contributed by atoms with Gasteiger partial charge < -0.3 is 5.32 Å². The smallest absolute Gasteiger partial charge is 0.0644 e. The fraction of sp³-hybridized carbons (Fsp3) is 0.588. The largest absolute Gasteiger partial charge is 0.312 e. The van der Waals surface area contributed by atoms with Crippen molar-refractivity contribution in [3.63, 3.8) is 0 Å². The molecule has 2 aromatic heterocycles. The Bertz CT molecular complexity index is 566. The molecule has 1 atom stereocenters. The first kappa shape index (κ1) is 14.8. The zero-order chi connectivity index (χ0) is 14.7. The number of aromatic nitrogens is 2. The highest BCUT2D eigenvalue weighted by molar-refractivity contribution is 7.10. The van der Waals surface area contributed by atoms with Crippen molar-refractivity contribution < 1.29 is 0 Å². The second-order valence-electron chi connectivity index (χ2n) is 6.09. The molecule has 1 unspecified atom stereocenters. The Morgan fingerprint density at radius 2 is 2.14 bits per heavy atom. The first-order valence-corrected chi connectivity index (χ1v) is 8.91. The van der Waals surface area contributed by atoms with Crippen LogP contribution < -0.4 is 5.32 Å². The molecule has 1 aliphatic rings. The van der Waals surface area contributed by atoms with Crippen LogP contribution in [0.15, 0.2) is 23.7 Å². The molecule has 21 heavy (non-hydrogen) atoms. The number of hydrogen-bond donors (Lipinski definition) is 1. The summed E-state index contributed by atoms with van der Waals surface area (Å²) in [6, 6.07) is 5.40. The Hall–Kier alpha value is -1.13. The second kappa shape index (κ2) is 6.75. The van der Waals surface area contributed by atoms with E-state index in [1.807, 2.05) is 18.4 Å². The van der Waals surface area contributed by atoms with E-state index in [-0.39, 0.29) is 0 Å². The maximum absolute atomic E-state index is 4.84. The van der Waals surface area contributed by atoms with Gasteiger partial charge in [-0.05, 0) is 49.9 Å². The van der Waals surface area contributed by atoms with Crippen molar-refractivity contribution in [2.45, 2.75) is 57.5 Å². The lowest BCUT2D eigenvalue weighted by Crippen LogP contribution is -2.19. The molecule has 1 aliphatic carbocycles. The molecular weight excluding hydrogens is 278 g/mol. The molecule has 1 fully saturated rings. The number of aryl methyl sites for hydroxylation is 1. The van der Waals surface area contributed by atoms with Gasteiger partial charge in [-0.2, -0.15) is 5.10 Å². The van der Waals surface area contributed by atoms with Crippen molar-refractivity contribution in [1.29, 1.82) is 0 Å². The third kappa shape index (κ3) is 3.38. The molecule has 1 N–H and O–H groups in total. The average Bonchev–Trinajstić information content (AvgIpc) is 3.15. The number of nitrogens with zero attached hydrogens (tertiary/aromatic N) is 2. The summed E-state index contributed by atoms with van der Waals surface area (Å²) in [5.74, 6) is 0. The van der Waals surface area contributed by atoms with Crippen molar-refractivity contribution >= 4 is 11.3 Å². The summed E-state index contributed by atoms with van der Waals surface area (Å²) < 4.78 is 2.21. The van der Waals surface area contributed by atoms with Crippen molar-refractivity contribution in [2.75, 3.05) is 7.05 Å². The third-order valence-corrected chi connectivity index (χ3v) is 5.72. The van der Waals surface area contributed by atoms with E-state index in [0.717, 1.165) is 6.42 Å². The van der Waals surface area contributed by atoms with Gasteiger partial charge in [0.15, 0.2) is 0 Å². The Morgan fingerprint density at radius 1 is 1.33 bits per heavy atom. The lowest BCUT2D eigenvalue weighted by molar-refractivity contribution is 0.327. The molecule has 0 aromatic carbocycles. The number of hydrogen-bond acceptors (Lipinski definition) is 3. The highest BCUT2D eigenvalue weighted by Crippen LogP contribution is 2.29. The predicted molar refractivity (Wildman–Crippen MR) is 88.9 cm³/mol. The van der Waals surface area contributed by atoms with Crippen molar-refractivity contribution in [3.8, 4) is 0 Å². The summed E-state index contributed by atoms with van der Waals surface area (Å²) in [5, 5.41) is 10.5. The van der Waals surface area contributed by atoms with E-state index in [4.69, 9.17) is 5.10 Å². The van der Waals surface area contributed by atoms with Gasteiger partial charge in [0.2, 0.25) is 0 Å². The van der Waals surface area contributed by atoms with Crippen LogP contribution >= 0.6 is 11.3 Å². The molecule has 114 valence electrons. The maximum atomic E-state index is 4.84. The van der Waals surface area contributed by atoms with Crippen LogP contribution in [0, 0.1) is 6.92 Å². The van der Waals surface area contributed by atoms with Gasteiger partial charge in [0, 0.05) is 23.5 Å². The van der Waals surface area contributed by atoms with Crippen LogP contribution in [0.3, 0.4) is 0 Å². The van der Waals surface area contributed by atoms with E-state index in [1.54, 1.807) is 0 Å². The lowest BCUT2D eigenvalue weighted by atomic mass is 9.96. The summed E-state index contributed by atoms with van der Waals surface area (Å²) in [7, 11) is 2.04. The van der Waals surface area contributed by atoms with Crippen LogP contribution in [0.2, 0.25) is 0 Å². The van der Waals surface area contributed by atoms with Gasteiger partial charge in [-0.1, -0.05) is 19.3 Å². The quantitative estimate of drug-likeness (QED) is 0.894. The minimum Gasteiger partial charge on any atom is -0.312 e. The van der Waals surface area contributed by atoms with Gasteiger partial charge in [0.1, 0.15) is 0 Å². The fourth-order valence-corrected chi connectivity index (χ4v) is 4.35. The molecule has 3 nitrogen and oxygen atoms in total.